The van der Waals surface area contributed by atoms with Crippen LogP contribution in [-0.2, 0) is 86.4 Å². The largest absolute Gasteiger partial charge is 0.457 e. The van der Waals surface area contributed by atoms with E-state index in [1.54, 1.807) is 0 Å². The zero-order chi connectivity index (χ0) is 43.2. The lowest BCUT2D eigenvalue weighted by atomic mass is 9.86. The zero-order valence-corrected chi connectivity index (χ0v) is 34.0. The van der Waals surface area contributed by atoms with Crippen molar-refractivity contribution in [2.75, 3.05) is 13.7 Å². The number of hydrogen-bond acceptors (Lipinski definition) is 16. The third-order valence-corrected chi connectivity index (χ3v) is 9.79. The van der Waals surface area contributed by atoms with Crippen LogP contribution >= 0.6 is 0 Å². The van der Waals surface area contributed by atoms with E-state index in [-0.39, 0.29) is 26.4 Å². The van der Waals surface area contributed by atoms with Crippen LogP contribution in [0.3, 0.4) is 0 Å². The minimum absolute atomic E-state index is 0.0365. The van der Waals surface area contributed by atoms with E-state index in [4.69, 9.17) is 47.4 Å². The topological polar surface area (TPSA) is 204 Å². The first-order valence-corrected chi connectivity index (χ1v) is 19.4. The van der Waals surface area contributed by atoms with E-state index in [0.717, 1.165) is 37.5 Å². The van der Waals surface area contributed by atoms with Crippen molar-refractivity contribution < 1.29 is 71.5 Å². The van der Waals surface area contributed by atoms with Crippen LogP contribution < -0.4 is 0 Å². The summed E-state index contributed by atoms with van der Waals surface area (Å²) < 4.78 is 59.9. The maximum absolute atomic E-state index is 13.2. The standard InChI is InChI=1S/C43H51NO16/c1-26(45)55-38-34(21-33(44(49)50)36-40(56-27(2)46)41(57-28(3)47)42(58-29(4)48)43(51-5)60-36)59-35(25-52-22-30-15-9-6-10-16-30)37(53-23-31-17-11-7-12-18-31)39(38)54-24-32-19-13-8-14-20-32/h6-20,33-43H,21-25H2,1-5H3/t33-,34-,35-,36-,37-,38+,39+,40-,41+,42-,43+/m1/s1. The average Bonchev–Trinajstić information content (AvgIpc) is 3.21. The van der Waals surface area contributed by atoms with E-state index in [1.165, 1.54) is 14.0 Å². The van der Waals surface area contributed by atoms with Crippen molar-refractivity contribution in [1.29, 1.82) is 0 Å². The van der Waals surface area contributed by atoms with E-state index < -0.39 is 102 Å². The maximum Gasteiger partial charge on any atom is 0.303 e. The Morgan fingerprint density at radius 1 is 0.583 bits per heavy atom. The summed E-state index contributed by atoms with van der Waals surface area (Å²) in [4.78, 5) is 62.6. The first-order valence-electron chi connectivity index (χ1n) is 19.4. The molecule has 2 heterocycles. The predicted octanol–water partition coefficient (Wildman–Crippen LogP) is 4.27. The molecule has 0 spiro atoms. The fraction of sp³-hybridized carbons (Fsp3) is 0.488. The lowest BCUT2D eigenvalue weighted by Crippen LogP contribution is -2.66. The molecule has 11 atom stereocenters. The fourth-order valence-corrected chi connectivity index (χ4v) is 7.32. The van der Waals surface area contributed by atoms with Gasteiger partial charge in [-0.2, -0.15) is 0 Å². The minimum atomic E-state index is -1.83. The van der Waals surface area contributed by atoms with Gasteiger partial charge in [0.25, 0.3) is 0 Å². The number of carbonyl (C=O) groups excluding carboxylic acids is 4. The van der Waals surface area contributed by atoms with Gasteiger partial charge in [0.1, 0.15) is 24.4 Å². The van der Waals surface area contributed by atoms with Gasteiger partial charge < -0.3 is 47.4 Å². The SMILES string of the molecule is CO[C@H]1O[C@H]([C@@H](C[C@H]2O[C@H](COCc3ccccc3)[C@@H](OCc3ccccc3)[C@H](OCc3ccccc3)[C@H]2OC(C)=O)[N+](=O)[O-])[C@@H](OC(C)=O)[C@H](OC(C)=O)[C@H]1OC(C)=O. The van der Waals surface area contributed by atoms with Crippen molar-refractivity contribution in [3.05, 3.63) is 118 Å². The summed E-state index contributed by atoms with van der Waals surface area (Å²) in [5, 5.41) is 13.2. The number of nitrogens with zero attached hydrogens (tertiary/aromatic N) is 1. The lowest BCUT2D eigenvalue weighted by Gasteiger charge is -2.47. The molecule has 0 unspecified atom stereocenters. The molecule has 2 fully saturated rings. The molecule has 324 valence electrons. The number of nitro groups is 1. The number of hydrogen-bond donors (Lipinski definition) is 0. The molecule has 17 nitrogen and oxygen atoms in total. The Hall–Kier alpha value is -5.30. The number of carbonyl (C=O) groups is 4. The van der Waals surface area contributed by atoms with Gasteiger partial charge in [-0.1, -0.05) is 91.0 Å². The molecule has 0 amide bonds. The molecule has 0 aliphatic carbocycles. The van der Waals surface area contributed by atoms with Crippen LogP contribution in [0, 0.1) is 10.1 Å². The van der Waals surface area contributed by atoms with Gasteiger partial charge in [0.2, 0.25) is 6.04 Å². The van der Waals surface area contributed by atoms with E-state index >= 15 is 0 Å². The summed E-state index contributed by atoms with van der Waals surface area (Å²) in [6.45, 7) is 4.65. The molecule has 3 aromatic rings. The molecule has 2 aliphatic rings. The first kappa shape index (κ1) is 45.8. The summed E-state index contributed by atoms with van der Waals surface area (Å²) in [5.74, 6) is -3.32. The Labute approximate surface area is 347 Å². The minimum Gasteiger partial charge on any atom is -0.457 e. The molecule has 2 aliphatic heterocycles. The highest BCUT2D eigenvalue weighted by Gasteiger charge is 2.59. The van der Waals surface area contributed by atoms with Crippen molar-refractivity contribution in [2.24, 2.45) is 0 Å². The highest BCUT2D eigenvalue weighted by Crippen LogP contribution is 2.37. The number of benzene rings is 3. The van der Waals surface area contributed by atoms with Gasteiger partial charge >= 0.3 is 23.9 Å². The molecule has 0 radical (unpaired) electrons. The summed E-state index contributed by atoms with van der Waals surface area (Å²) in [7, 11) is 1.20. The molecule has 0 saturated carbocycles. The van der Waals surface area contributed by atoms with Crippen LogP contribution in [0.15, 0.2) is 91.0 Å². The normalized spacial score (nSPS) is 26.9. The average molecular weight is 838 g/mol. The highest BCUT2D eigenvalue weighted by molar-refractivity contribution is 5.68. The van der Waals surface area contributed by atoms with E-state index in [2.05, 4.69) is 0 Å². The molecule has 0 aromatic heterocycles. The first-order chi connectivity index (χ1) is 28.8. The van der Waals surface area contributed by atoms with Crippen molar-refractivity contribution in [3.63, 3.8) is 0 Å². The van der Waals surface area contributed by atoms with Gasteiger partial charge in [0, 0.05) is 46.1 Å². The van der Waals surface area contributed by atoms with Crippen LogP contribution in [0.25, 0.3) is 0 Å². The Balaban J connectivity index is 1.56. The molecule has 0 N–H and O–H groups in total. The smallest absolute Gasteiger partial charge is 0.303 e. The fourth-order valence-electron chi connectivity index (χ4n) is 7.32. The highest BCUT2D eigenvalue weighted by atomic mass is 16.7. The Morgan fingerprint density at radius 3 is 1.52 bits per heavy atom. The van der Waals surface area contributed by atoms with Crippen molar-refractivity contribution in [1.82, 2.24) is 0 Å². The third-order valence-electron chi connectivity index (χ3n) is 9.79. The van der Waals surface area contributed by atoms with E-state index in [9.17, 15) is 29.3 Å². The van der Waals surface area contributed by atoms with E-state index in [1.807, 2.05) is 91.0 Å². The summed E-state index contributed by atoms with van der Waals surface area (Å²) >= 11 is 0. The molecule has 60 heavy (non-hydrogen) atoms. The zero-order valence-electron chi connectivity index (χ0n) is 34.0. The molecule has 5 rings (SSSR count). The molecular formula is C43H51NO16. The number of rotatable bonds is 19. The summed E-state index contributed by atoms with van der Waals surface area (Å²) in [6, 6.07) is 26.2. The molecule has 2 saturated heterocycles. The van der Waals surface area contributed by atoms with Gasteiger partial charge in [0.05, 0.1) is 26.4 Å². The van der Waals surface area contributed by atoms with Crippen molar-refractivity contribution in [2.45, 2.75) is 121 Å². The Morgan fingerprint density at radius 2 is 1.03 bits per heavy atom. The number of esters is 4. The van der Waals surface area contributed by atoms with Gasteiger partial charge in [-0.15, -0.1) is 0 Å². The van der Waals surface area contributed by atoms with E-state index in [0.29, 0.717) is 0 Å². The third kappa shape index (κ3) is 12.8. The molecule has 0 bridgehead atoms. The van der Waals surface area contributed by atoms with Gasteiger partial charge in [-0.3, -0.25) is 29.3 Å². The second-order valence-electron chi connectivity index (χ2n) is 14.3. The predicted molar refractivity (Wildman–Crippen MR) is 208 cm³/mol. The lowest BCUT2D eigenvalue weighted by molar-refractivity contribution is -0.548. The monoisotopic (exact) mass is 837 g/mol. The quantitative estimate of drug-likeness (QED) is 0.0716. The molecule has 17 heteroatoms. The van der Waals surface area contributed by atoms with Crippen molar-refractivity contribution >= 4 is 23.9 Å². The van der Waals surface area contributed by atoms with Crippen LogP contribution in [0.4, 0.5) is 0 Å². The Bertz CT molecular complexity index is 1850. The van der Waals surface area contributed by atoms with Crippen LogP contribution in [0.1, 0.15) is 50.8 Å². The van der Waals surface area contributed by atoms with Gasteiger partial charge in [-0.05, 0) is 16.7 Å². The second-order valence-corrected chi connectivity index (χ2v) is 14.3. The number of methoxy groups -OCH3 is 1. The van der Waals surface area contributed by atoms with Crippen LogP contribution in [0.5, 0.6) is 0 Å². The van der Waals surface area contributed by atoms with Gasteiger partial charge in [0.15, 0.2) is 36.8 Å². The molecule has 3 aromatic carbocycles. The second kappa shape index (κ2) is 22.3. The molecular weight excluding hydrogens is 786 g/mol. The van der Waals surface area contributed by atoms with Crippen molar-refractivity contribution in [3.8, 4) is 0 Å². The maximum atomic E-state index is 13.2. The van der Waals surface area contributed by atoms with Crippen LogP contribution in [0.2, 0.25) is 0 Å². The Kier molecular flexibility index (Phi) is 17.0. The number of ether oxygens (including phenoxy) is 10. The van der Waals surface area contributed by atoms with Crippen LogP contribution in [-0.4, -0.2) is 110 Å². The van der Waals surface area contributed by atoms with Gasteiger partial charge in [-0.25, -0.2) is 0 Å². The summed E-state index contributed by atoms with van der Waals surface area (Å²) in [5.41, 5.74) is 2.49. The summed E-state index contributed by atoms with van der Waals surface area (Å²) in [6.07, 6.45) is -14.1.